The van der Waals surface area contributed by atoms with Gasteiger partial charge in [0.2, 0.25) is 0 Å². The number of nitrogens with two attached hydrogens (primary N) is 1. The van der Waals surface area contributed by atoms with E-state index >= 15 is 0 Å². The highest BCUT2D eigenvalue weighted by Crippen LogP contribution is 2.22. The van der Waals surface area contributed by atoms with E-state index in [1.165, 1.54) is 10.9 Å². The first-order valence-corrected chi connectivity index (χ1v) is 5.79. The zero-order valence-electron chi connectivity index (χ0n) is 9.14. The molecule has 0 aliphatic carbocycles. The van der Waals surface area contributed by atoms with Crippen LogP contribution in [0, 0.1) is 5.82 Å². The van der Waals surface area contributed by atoms with Gasteiger partial charge in [-0.2, -0.15) is 4.80 Å². The van der Waals surface area contributed by atoms with Gasteiger partial charge in [0.1, 0.15) is 5.82 Å². The first-order chi connectivity index (χ1) is 8.06. The third kappa shape index (κ3) is 2.86. The van der Waals surface area contributed by atoms with Crippen LogP contribution in [0.1, 0.15) is 17.4 Å². The van der Waals surface area contributed by atoms with Crippen LogP contribution in [0.2, 0.25) is 0 Å². The van der Waals surface area contributed by atoms with Crippen molar-refractivity contribution in [3.63, 3.8) is 0 Å². The number of hydrogen-bond acceptors (Lipinski definition) is 4. The van der Waals surface area contributed by atoms with Crippen molar-refractivity contribution in [2.45, 2.75) is 12.5 Å². The van der Waals surface area contributed by atoms with Crippen molar-refractivity contribution in [1.29, 1.82) is 0 Å². The Morgan fingerprint density at radius 1 is 1.53 bits per heavy atom. The minimum atomic E-state index is -0.489. The van der Waals surface area contributed by atoms with Crippen molar-refractivity contribution in [2.24, 2.45) is 12.8 Å². The van der Waals surface area contributed by atoms with Crippen LogP contribution in [0.4, 0.5) is 4.39 Å². The van der Waals surface area contributed by atoms with Crippen molar-refractivity contribution >= 4 is 15.9 Å². The molecule has 7 heteroatoms. The number of hydrogen-bond donors (Lipinski definition) is 1. The molecule has 1 atom stereocenters. The van der Waals surface area contributed by atoms with Gasteiger partial charge in [-0.3, -0.25) is 0 Å². The molecular weight excluding hydrogens is 289 g/mol. The molecule has 2 N–H and O–H groups in total. The van der Waals surface area contributed by atoms with Crippen LogP contribution in [-0.2, 0) is 13.5 Å². The quantitative estimate of drug-likeness (QED) is 0.929. The summed E-state index contributed by atoms with van der Waals surface area (Å²) >= 11 is 3.28. The summed E-state index contributed by atoms with van der Waals surface area (Å²) in [4.78, 5) is 1.35. The molecule has 0 aliphatic heterocycles. The van der Waals surface area contributed by atoms with Crippen molar-refractivity contribution < 1.29 is 4.39 Å². The molecule has 0 amide bonds. The van der Waals surface area contributed by atoms with E-state index in [2.05, 4.69) is 31.3 Å². The van der Waals surface area contributed by atoms with Gasteiger partial charge in [-0.05, 0) is 23.4 Å². The van der Waals surface area contributed by atoms with E-state index in [1.54, 1.807) is 19.2 Å². The lowest BCUT2D eigenvalue weighted by molar-refractivity contribution is 0.572. The van der Waals surface area contributed by atoms with Crippen LogP contribution in [-0.4, -0.2) is 20.2 Å². The zero-order chi connectivity index (χ0) is 12.4. The number of rotatable bonds is 3. The first-order valence-electron chi connectivity index (χ1n) is 4.99. The predicted octanol–water partition coefficient (Wildman–Crippen LogP) is 1.35. The zero-order valence-corrected chi connectivity index (χ0v) is 10.7. The normalized spacial score (nSPS) is 12.7. The fourth-order valence-corrected chi connectivity index (χ4v) is 1.89. The average molecular weight is 300 g/mol. The van der Waals surface area contributed by atoms with E-state index in [9.17, 15) is 4.39 Å². The van der Waals surface area contributed by atoms with Gasteiger partial charge in [-0.25, -0.2) is 4.39 Å². The molecule has 0 bridgehead atoms. The Labute approximate surface area is 106 Å². The Morgan fingerprint density at radius 2 is 2.29 bits per heavy atom. The largest absolute Gasteiger partial charge is 0.323 e. The molecule has 2 rings (SSSR count). The lowest BCUT2D eigenvalue weighted by atomic mass is 10.0. The van der Waals surface area contributed by atoms with Gasteiger partial charge in [0, 0.05) is 22.5 Å². The van der Waals surface area contributed by atoms with Crippen LogP contribution in [0.5, 0.6) is 0 Å². The Bertz CT molecular complexity index is 527. The summed E-state index contributed by atoms with van der Waals surface area (Å²) in [6.07, 6.45) is 0.348. The number of aromatic nitrogens is 4. The van der Waals surface area contributed by atoms with Gasteiger partial charge in [-0.1, -0.05) is 15.9 Å². The van der Waals surface area contributed by atoms with Crippen molar-refractivity contribution in [1.82, 2.24) is 20.2 Å². The summed E-state index contributed by atoms with van der Waals surface area (Å²) in [5.41, 5.74) is 6.37. The molecule has 2 aromatic rings. The summed E-state index contributed by atoms with van der Waals surface area (Å²) in [5.74, 6) is 0.170. The van der Waals surface area contributed by atoms with E-state index in [-0.39, 0.29) is 5.82 Å². The SMILES string of the molecule is Cn1nnc(CC(N)c2cc(Br)ccc2F)n1. The second-order valence-electron chi connectivity index (χ2n) is 3.67. The second-order valence-corrected chi connectivity index (χ2v) is 4.59. The van der Waals surface area contributed by atoms with E-state index < -0.39 is 6.04 Å². The summed E-state index contributed by atoms with van der Waals surface area (Å²) in [7, 11) is 1.67. The van der Waals surface area contributed by atoms with Crippen LogP contribution >= 0.6 is 15.9 Å². The van der Waals surface area contributed by atoms with E-state index in [0.29, 0.717) is 17.8 Å². The summed E-state index contributed by atoms with van der Waals surface area (Å²) < 4.78 is 14.4. The first kappa shape index (κ1) is 12.1. The van der Waals surface area contributed by atoms with Gasteiger partial charge < -0.3 is 5.73 Å². The molecule has 1 aromatic carbocycles. The van der Waals surface area contributed by atoms with Crippen LogP contribution < -0.4 is 5.73 Å². The predicted molar refractivity (Wildman–Crippen MR) is 63.5 cm³/mol. The van der Waals surface area contributed by atoms with Gasteiger partial charge >= 0.3 is 0 Å². The van der Waals surface area contributed by atoms with Crippen molar-refractivity contribution in [2.75, 3.05) is 0 Å². The highest BCUT2D eigenvalue weighted by Gasteiger charge is 2.15. The Hall–Kier alpha value is -1.34. The van der Waals surface area contributed by atoms with Crippen LogP contribution in [0.3, 0.4) is 0 Å². The van der Waals surface area contributed by atoms with Gasteiger partial charge in [0.25, 0.3) is 0 Å². The molecule has 1 heterocycles. The van der Waals surface area contributed by atoms with Crippen LogP contribution in [0.15, 0.2) is 22.7 Å². The number of nitrogens with zero attached hydrogens (tertiary/aromatic N) is 4. The standard InChI is InChI=1S/C10H11BrFN5/c1-17-15-10(14-16-17)5-9(13)7-4-6(11)2-3-8(7)12/h2-4,9H,5,13H2,1H3. The highest BCUT2D eigenvalue weighted by molar-refractivity contribution is 9.10. The average Bonchev–Trinajstić information content (AvgIpc) is 2.67. The topological polar surface area (TPSA) is 69.6 Å². The second kappa shape index (κ2) is 4.89. The molecule has 0 aliphatic rings. The van der Waals surface area contributed by atoms with E-state index in [1.807, 2.05) is 0 Å². The molecule has 0 fully saturated rings. The third-order valence-corrected chi connectivity index (χ3v) is 2.80. The maximum Gasteiger partial charge on any atom is 0.176 e. The fourth-order valence-electron chi connectivity index (χ4n) is 1.51. The smallest absolute Gasteiger partial charge is 0.176 e. The lowest BCUT2D eigenvalue weighted by Crippen LogP contribution is -2.16. The molecular formula is C10H11BrFN5. The summed E-state index contributed by atoms with van der Waals surface area (Å²) in [6.45, 7) is 0. The molecule has 0 radical (unpaired) electrons. The number of benzene rings is 1. The third-order valence-electron chi connectivity index (χ3n) is 2.31. The lowest BCUT2D eigenvalue weighted by Gasteiger charge is -2.11. The Morgan fingerprint density at radius 3 is 2.94 bits per heavy atom. The minimum Gasteiger partial charge on any atom is -0.323 e. The van der Waals surface area contributed by atoms with Crippen molar-refractivity contribution in [3.05, 3.63) is 39.9 Å². The van der Waals surface area contributed by atoms with Gasteiger partial charge in [-0.15, -0.1) is 10.2 Å². The highest BCUT2D eigenvalue weighted by atomic mass is 79.9. The molecule has 5 nitrogen and oxygen atoms in total. The molecule has 17 heavy (non-hydrogen) atoms. The van der Waals surface area contributed by atoms with Gasteiger partial charge in [0.05, 0.1) is 7.05 Å². The molecule has 0 saturated carbocycles. The Balaban J connectivity index is 2.19. The molecule has 90 valence electrons. The maximum atomic E-state index is 13.6. The van der Waals surface area contributed by atoms with E-state index in [4.69, 9.17) is 5.73 Å². The number of tetrazole rings is 1. The number of halogens is 2. The van der Waals surface area contributed by atoms with Crippen LogP contribution in [0.25, 0.3) is 0 Å². The molecule has 0 spiro atoms. The van der Waals surface area contributed by atoms with E-state index in [0.717, 1.165) is 4.47 Å². The van der Waals surface area contributed by atoms with Gasteiger partial charge in [0.15, 0.2) is 5.82 Å². The molecule has 0 saturated heterocycles. The molecule has 1 unspecified atom stereocenters. The number of aryl methyl sites for hydroxylation is 1. The summed E-state index contributed by atoms with van der Waals surface area (Å²) in [6, 6.07) is 4.18. The summed E-state index contributed by atoms with van der Waals surface area (Å²) in [5, 5.41) is 11.5. The monoisotopic (exact) mass is 299 g/mol. The Kier molecular flexibility index (Phi) is 3.49. The maximum absolute atomic E-state index is 13.6. The fraction of sp³-hybridized carbons (Fsp3) is 0.300. The van der Waals surface area contributed by atoms with Crippen molar-refractivity contribution in [3.8, 4) is 0 Å². The minimum absolute atomic E-state index is 0.329. The molecule has 1 aromatic heterocycles.